The normalized spacial score (nSPS) is 17.4. The third-order valence-corrected chi connectivity index (χ3v) is 6.13. The summed E-state index contributed by atoms with van der Waals surface area (Å²) in [5, 5.41) is 3.00. The van der Waals surface area contributed by atoms with Gasteiger partial charge in [0, 0.05) is 18.1 Å². The monoisotopic (exact) mass is 432 g/mol. The van der Waals surface area contributed by atoms with Crippen LogP contribution in [0.1, 0.15) is 37.4 Å². The van der Waals surface area contributed by atoms with Gasteiger partial charge < -0.3 is 14.8 Å². The van der Waals surface area contributed by atoms with Crippen molar-refractivity contribution in [3.63, 3.8) is 0 Å². The van der Waals surface area contributed by atoms with Gasteiger partial charge in [0.05, 0.1) is 25.1 Å². The molecule has 1 heterocycles. The van der Waals surface area contributed by atoms with Gasteiger partial charge in [-0.3, -0.25) is 9.10 Å². The van der Waals surface area contributed by atoms with Gasteiger partial charge in [-0.25, -0.2) is 8.42 Å². The lowest BCUT2D eigenvalue weighted by molar-refractivity contribution is -0.120. The molecule has 1 atom stereocenters. The molecule has 7 nitrogen and oxygen atoms in total. The highest BCUT2D eigenvalue weighted by Crippen LogP contribution is 2.39. The van der Waals surface area contributed by atoms with Gasteiger partial charge in [-0.1, -0.05) is 23.8 Å². The van der Waals surface area contributed by atoms with Crippen LogP contribution in [0.2, 0.25) is 0 Å². The Hall–Kier alpha value is -2.74. The molecule has 1 aliphatic rings. The molecule has 0 unspecified atom stereocenters. The largest absolute Gasteiger partial charge is 0.497 e. The van der Waals surface area contributed by atoms with Crippen LogP contribution in [0, 0.1) is 6.92 Å². The number of rotatable bonds is 6. The zero-order valence-electron chi connectivity index (χ0n) is 17.9. The topological polar surface area (TPSA) is 84.9 Å². The zero-order chi connectivity index (χ0) is 22.1. The molecule has 3 rings (SSSR count). The quantitative estimate of drug-likeness (QED) is 0.758. The smallest absolute Gasteiger partial charge is 0.241 e. The number of hydrogen-bond donors (Lipinski definition) is 1. The van der Waals surface area contributed by atoms with E-state index in [1.165, 1.54) is 7.11 Å². The van der Waals surface area contributed by atoms with Crippen LogP contribution in [-0.2, 0) is 14.8 Å². The fraction of sp³-hybridized carbons (Fsp3) is 0.409. The number of carbonyl (C=O) groups is 1. The van der Waals surface area contributed by atoms with Crippen LogP contribution < -0.4 is 19.1 Å². The number of fused-ring (bicyclic) bond motifs is 1. The Morgan fingerprint density at radius 1 is 1.27 bits per heavy atom. The van der Waals surface area contributed by atoms with Crippen molar-refractivity contribution in [1.82, 2.24) is 5.32 Å². The molecule has 0 spiro atoms. The van der Waals surface area contributed by atoms with E-state index in [1.54, 1.807) is 24.3 Å². The predicted molar refractivity (Wildman–Crippen MR) is 117 cm³/mol. The highest BCUT2D eigenvalue weighted by atomic mass is 32.2. The summed E-state index contributed by atoms with van der Waals surface area (Å²) >= 11 is 0. The molecule has 2 aromatic carbocycles. The zero-order valence-corrected chi connectivity index (χ0v) is 18.7. The Bertz CT molecular complexity index is 1050. The summed E-state index contributed by atoms with van der Waals surface area (Å²) in [4.78, 5) is 12.9. The number of benzene rings is 2. The number of hydrogen-bond acceptors (Lipinski definition) is 5. The summed E-state index contributed by atoms with van der Waals surface area (Å²) in [6.07, 6.45) is 1.66. The third kappa shape index (κ3) is 5.05. The fourth-order valence-electron chi connectivity index (χ4n) is 3.64. The number of ether oxygens (including phenoxy) is 2. The van der Waals surface area contributed by atoms with Gasteiger partial charge in [0.25, 0.3) is 0 Å². The van der Waals surface area contributed by atoms with Gasteiger partial charge >= 0.3 is 0 Å². The third-order valence-electron chi connectivity index (χ3n) is 4.99. The summed E-state index contributed by atoms with van der Waals surface area (Å²) in [6, 6.07) is 12.2. The first kappa shape index (κ1) is 22.0. The summed E-state index contributed by atoms with van der Waals surface area (Å²) in [7, 11) is -2.17. The van der Waals surface area contributed by atoms with E-state index >= 15 is 0 Å². The first-order valence-electron chi connectivity index (χ1n) is 9.69. The minimum absolute atomic E-state index is 0.275. The summed E-state index contributed by atoms with van der Waals surface area (Å²) in [5.41, 5.74) is 1.87. The van der Waals surface area contributed by atoms with Crippen LogP contribution in [0.3, 0.4) is 0 Å². The standard InChI is InChI=1S/C22H28N2O5S/c1-15-9-10-20-18(11-15)19(13-22(2,3)29-20)23-21(25)14-24(30(5,26)27)16-7-6-8-17(12-16)28-4/h6-12,19H,13-14H2,1-5H3,(H,23,25)/t19-/m1/s1. The Balaban J connectivity index is 1.85. The van der Waals surface area contributed by atoms with Gasteiger partial charge in [0.2, 0.25) is 15.9 Å². The first-order valence-corrected chi connectivity index (χ1v) is 11.5. The number of aryl methyl sites for hydroxylation is 1. The molecular weight excluding hydrogens is 404 g/mol. The number of amides is 1. The molecule has 0 aromatic heterocycles. The Labute approximate surface area is 178 Å². The van der Waals surface area contributed by atoms with Crippen molar-refractivity contribution < 1.29 is 22.7 Å². The molecule has 2 aromatic rings. The Morgan fingerprint density at radius 3 is 2.67 bits per heavy atom. The van der Waals surface area contributed by atoms with Gasteiger partial charge in [-0.15, -0.1) is 0 Å². The van der Waals surface area contributed by atoms with E-state index < -0.39 is 21.5 Å². The molecule has 0 radical (unpaired) electrons. The van der Waals surface area contributed by atoms with E-state index in [9.17, 15) is 13.2 Å². The SMILES string of the molecule is COc1cccc(N(CC(=O)N[C@@H]2CC(C)(C)Oc3ccc(C)cc32)S(C)(=O)=O)c1. The molecule has 0 bridgehead atoms. The number of nitrogens with zero attached hydrogens (tertiary/aromatic N) is 1. The number of anilines is 1. The molecule has 162 valence electrons. The molecule has 0 aliphatic carbocycles. The lowest BCUT2D eigenvalue weighted by Crippen LogP contribution is -2.45. The van der Waals surface area contributed by atoms with Crippen molar-refractivity contribution in [2.75, 3.05) is 24.2 Å². The summed E-state index contributed by atoms with van der Waals surface area (Å²) < 4.78 is 37.1. The molecule has 8 heteroatoms. The predicted octanol–water partition coefficient (Wildman–Crippen LogP) is 3.19. The molecule has 0 fully saturated rings. The summed E-state index contributed by atoms with van der Waals surface area (Å²) in [5.74, 6) is 0.852. The van der Waals surface area contributed by atoms with Gasteiger partial charge in [0.15, 0.2) is 0 Å². The maximum absolute atomic E-state index is 12.9. The average molecular weight is 433 g/mol. The van der Waals surface area contributed by atoms with Crippen molar-refractivity contribution in [2.45, 2.75) is 38.8 Å². The molecule has 1 aliphatic heterocycles. The van der Waals surface area contributed by atoms with Crippen molar-refractivity contribution in [3.8, 4) is 11.5 Å². The van der Waals surface area contributed by atoms with E-state index in [4.69, 9.17) is 9.47 Å². The number of methoxy groups -OCH3 is 1. The maximum Gasteiger partial charge on any atom is 0.241 e. The molecule has 0 saturated carbocycles. The summed E-state index contributed by atoms with van der Waals surface area (Å²) in [6.45, 7) is 5.58. The number of nitrogens with one attached hydrogen (secondary N) is 1. The highest BCUT2D eigenvalue weighted by molar-refractivity contribution is 7.92. The average Bonchev–Trinajstić information content (AvgIpc) is 2.65. The lowest BCUT2D eigenvalue weighted by Gasteiger charge is -2.38. The number of carbonyl (C=O) groups excluding carboxylic acids is 1. The second-order valence-corrected chi connectivity index (χ2v) is 10.1. The van der Waals surface area contributed by atoms with E-state index in [2.05, 4.69) is 5.32 Å². The molecular formula is C22H28N2O5S. The van der Waals surface area contributed by atoms with Crippen LogP contribution >= 0.6 is 0 Å². The molecule has 1 amide bonds. The van der Waals surface area contributed by atoms with Crippen LogP contribution in [0.15, 0.2) is 42.5 Å². The van der Waals surface area contributed by atoms with Crippen molar-refractivity contribution in [1.29, 1.82) is 0 Å². The van der Waals surface area contributed by atoms with Crippen LogP contribution in [0.4, 0.5) is 5.69 Å². The second-order valence-electron chi connectivity index (χ2n) is 8.20. The van der Waals surface area contributed by atoms with E-state index in [-0.39, 0.29) is 12.6 Å². The molecule has 1 N–H and O–H groups in total. The van der Waals surface area contributed by atoms with Crippen molar-refractivity contribution >= 4 is 21.6 Å². The van der Waals surface area contributed by atoms with E-state index in [0.717, 1.165) is 27.4 Å². The maximum atomic E-state index is 12.9. The Kier molecular flexibility index (Phi) is 5.99. The fourth-order valence-corrected chi connectivity index (χ4v) is 4.49. The lowest BCUT2D eigenvalue weighted by atomic mass is 9.89. The van der Waals surface area contributed by atoms with Gasteiger partial charge in [-0.05, 0) is 39.0 Å². The van der Waals surface area contributed by atoms with Crippen LogP contribution in [-0.4, -0.2) is 39.8 Å². The van der Waals surface area contributed by atoms with E-state index in [0.29, 0.717) is 17.9 Å². The minimum atomic E-state index is -3.68. The van der Waals surface area contributed by atoms with Crippen LogP contribution in [0.25, 0.3) is 0 Å². The minimum Gasteiger partial charge on any atom is -0.497 e. The highest BCUT2D eigenvalue weighted by Gasteiger charge is 2.35. The van der Waals surface area contributed by atoms with Crippen molar-refractivity contribution in [3.05, 3.63) is 53.6 Å². The molecule has 0 saturated heterocycles. The van der Waals surface area contributed by atoms with E-state index in [1.807, 2.05) is 39.0 Å². The Morgan fingerprint density at radius 2 is 2.00 bits per heavy atom. The van der Waals surface area contributed by atoms with Gasteiger partial charge in [0.1, 0.15) is 23.6 Å². The van der Waals surface area contributed by atoms with Crippen LogP contribution in [0.5, 0.6) is 11.5 Å². The second kappa shape index (κ2) is 8.18. The number of sulfonamides is 1. The van der Waals surface area contributed by atoms with Gasteiger partial charge in [-0.2, -0.15) is 0 Å². The first-order chi connectivity index (χ1) is 14.0. The molecule has 30 heavy (non-hydrogen) atoms. The van der Waals surface area contributed by atoms with Crippen molar-refractivity contribution in [2.24, 2.45) is 0 Å².